The van der Waals surface area contributed by atoms with Crippen LogP contribution in [0.15, 0.2) is 17.3 Å². The molecule has 0 spiro atoms. The van der Waals surface area contributed by atoms with Gasteiger partial charge in [-0.25, -0.2) is 4.99 Å². The fourth-order valence-electron chi connectivity index (χ4n) is 0.762. The molecule has 1 heterocycles. The highest BCUT2D eigenvalue weighted by Crippen LogP contribution is 2.11. The van der Waals surface area contributed by atoms with Crippen LogP contribution >= 0.6 is 0 Å². The van der Waals surface area contributed by atoms with Crippen LogP contribution in [0.1, 0.15) is 13.3 Å². The quantitative estimate of drug-likeness (QED) is 0.459. The lowest BCUT2D eigenvalue weighted by Gasteiger charge is -2.22. The van der Waals surface area contributed by atoms with E-state index in [9.17, 15) is 0 Å². The van der Waals surface area contributed by atoms with Crippen molar-refractivity contribution in [3.05, 3.63) is 12.3 Å². The van der Waals surface area contributed by atoms with Crippen molar-refractivity contribution in [1.82, 2.24) is 5.32 Å². The Balaban J connectivity index is 2.78. The molecule has 5 N–H and O–H groups in total. The molecule has 1 atom stereocenters. The van der Waals surface area contributed by atoms with E-state index in [-0.39, 0.29) is 0 Å². The largest absolute Gasteiger partial charge is 0.370 e. The van der Waals surface area contributed by atoms with E-state index in [1.165, 1.54) is 0 Å². The summed E-state index contributed by atoms with van der Waals surface area (Å²) in [6.45, 7) is 1.96. The van der Waals surface area contributed by atoms with E-state index in [4.69, 9.17) is 11.5 Å². The number of hydrogen-bond acceptors (Lipinski definition) is 4. The zero-order valence-corrected chi connectivity index (χ0v) is 5.96. The zero-order valence-electron chi connectivity index (χ0n) is 5.96. The van der Waals surface area contributed by atoms with Crippen molar-refractivity contribution in [3.8, 4) is 0 Å². The van der Waals surface area contributed by atoms with Crippen LogP contribution in [0.5, 0.6) is 0 Å². The molecule has 1 aliphatic rings. The molecule has 0 saturated heterocycles. The van der Waals surface area contributed by atoms with Crippen molar-refractivity contribution in [2.24, 2.45) is 16.5 Å². The Morgan fingerprint density at radius 3 is 2.90 bits per heavy atom. The molecule has 1 rings (SSSR count). The first-order valence-electron chi connectivity index (χ1n) is 3.25. The van der Waals surface area contributed by atoms with Crippen LogP contribution in [0.2, 0.25) is 0 Å². The predicted octanol–water partition coefficient (Wildman–Crippen LogP) is -0.517. The molecular formula is C6H12N4. The maximum absolute atomic E-state index is 5.75. The van der Waals surface area contributed by atoms with Crippen LogP contribution in [0.4, 0.5) is 0 Å². The van der Waals surface area contributed by atoms with Crippen molar-refractivity contribution in [2.45, 2.75) is 19.0 Å². The van der Waals surface area contributed by atoms with E-state index in [2.05, 4.69) is 10.3 Å². The number of nitrogens with zero attached hydrogens (tertiary/aromatic N) is 1. The number of guanidine groups is 1. The highest BCUT2D eigenvalue weighted by molar-refractivity contribution is 5.80. The smallest absolute Gasteiger partial charge is 0.194 e. The van der Waals surface area contributed by atoms with Gasteiger partial charge < -0.3 is 16.8 Å². The van der Waals surface area contributed by atoms with E-state index in [1.807, 2.05) is 6.92 Å². The Kier molecular flexibility index (Phi) is 1.63. The van der Waals surface area contributed by atoms with Gasteiger partial charge in [0.25, 0.3) is 0 Å². The maximum Gasteiger partial charge on any atom is 0.194 e. The summed E-state index contributed by atoms with van der Waals surface area (Å²) in [5, 5.41) is 2.74. The van der Waals surface area contributed by atoms with Gasteiger partial charge in [0.1, 0.15) is 5.66 Å². The number of hydrogen-bond donors (Lipinski definition) is 3. The van der Waals surface area contributed by atoms with Crippen LogP contribution in [0.3, 0.4) is 0 Å². The van der Waals surface area contributed by atoms with Gasteiger partial charge in [0.05, 0.1) is 0 Å². The molecule has 10 heavy (non-hydrogen) atoms. The lowest BCUT2D eigenvalue weighted by atomic mass is 10.1. The normalized spacial score (nSPS) is 31.2. The molecule has 0 bridgehead atoms. The standard InChI is InChI=1S/C6H12N4/c1-2-6(8)3-4-9-5(7)10-6/h3-4H,2,8H2,1H3,(H3,7,9,10). The summed E-state index contributed by atoms with van der Waals surface area (Å²) in [4.78, 5) is 4.01. The molecule has 0 fully saturated rings. The van der Waals surface area contributed by atoms with Crippen LogP contribution < -0.4 is 16.8 Å². The Bertz CT molecular complexity index is 184. The number of rotatable bonds is 1. The topological polar surface area (TPSA) is 76.4 Å². The van der Waals surface area contributed by atoms with Crippen LogP contribution in [-0.4, -0.2) is 11.6 Å². The van der Waals surface area contributed by atoms with Crippen molar-refractivity contribution in [2.75, 3.05) is 0 Å². The van der Waals surface area contributed by atoms with Crippen molar-refractivity contribution < 1.29 is 0 Å². The Morgan fingerprint density at radius 1 is 1.80 bits per heavy atom. The Morgan fingerprint density at radius 2 is 2.50 bits per heavy atom. The Labute approximate surface area is 60.0 Å². The first-order valence-corrected chi connectivity index (χ1v) is 3.25. The van der Waals surface area contributed by atoms with Gasteiger partial charge in [0.15, 0.2) is 5.96 Å². The van der Waals surface area contributed by atoms with Gasteiger partial charge in [-0.3, -0.25) is 0 Å². The van der Waals surface area contributed by atoms with Crippen molar-refractivity contribution in [3.63, 3.8) is 0 Å². The zero-order chi connectivity index (χ0) is 7.61. The molecule has 56 valence electrons. The summed E-state index contributed by atoms with van der Waals surface area (Å²) in [7, 11) is 0. The van der Waals surface area contributed by atoms with Crippen LogP contribution in [-0.2, 0) is 0 Å². The fraction of sp³-hybridized carbons (Fsp3) is 0.500. The summed E-state index contributed by atoms with van der Waals surface area (Å²) in [6, 6.07) is 0. The minimum Gasteiger partial charge on any atom is -0.370 e. The number of nitrogens with two attached hydrogens (primary N) is 2. The van der Waals surface area contributed by atoms with Crippen LogP contribution in [0, 0.1) is 0 Å². The monoisotopic (exact) mass is 140 g/mol. The van der Waals surface area contributed by atoms with Crippen LogP contribution in [0.25, 0.3) is 0 Å². The number of nitrogens with one attached hydrogen (secondary N) is 1. The van der Waals surface area contributed by atoms with E-state index in [0.29, 0.717) is 5.96 Å². The van der Waals surface area contributed by atoms with Gasteiger partial charge in [-0.05, 0) is 12.5 Å². The molecule has 0 amide bonds. The van der Waals surface area contributed by atoms with Crippen molar-refractivity contribution >= 4 is 5.96 Å². The average molecular weight is 140 g/mol. The second kappa shape index (κ2) is 2.30. The molecule has 0 aromatic rings. The summed E-state index contributed by atoms with van der Waals surface area (Å²) in [5.41, 5.74) is 10.6. The van der Waals surface area contributed by atoms with Gasteiger partial charge >= 0.3 is 0 Å². The molecule has 1 unspecified atom stereocenters. The maximum atomic E-state index is 5.75. The first-order chi connectivity index (χ1) is 4.66. The number of aliphatic imine (C=N–C) groups is 1. The second-order valence-corrected chi connectivity index (χ2v) is 2.32. The fourth-order valence-corrected chi connectivity index (χ4v) is 0.762. The summed E-state index contributed by atoms with van der Waals surface area (Å²) in [6.07, 6.45) is 4.26. The SMILES string of the molecule is CCC1(N)C=CNC(N)=N1. The molecule has 4 nitrogen and oxygen atoms in total. The summed E-state index contributed by atoms with van der Waals surface area (Å²) in [5.74, 6) is 0.381. The molecule has 0 aromatic carbocycles. The van der Waals surface area contributed by atoms with E-state index < -0.39 is 5.66 Å². The van der Waals surface area contributed by atoms with E-state index in [1.54, 1.807) is 12.3 Å². The lowest BCUT2D eigenvalue weighted by Crippen LogP contribution is -2.43. The summed E-state index contributed by atoms with van der Waals surface area (Å²) >= 11 is 0. The minimum absolute atomic E-state index is 0.381. The van der Waals surface area contributed by atoms with Gasteiger partial charge in [0.2, 0.25) is 0 Å². The third-order valence-corrected chi connectivity index (χ3v) is 1.50. The molecule has 0 aromatic heterocycles. The van der Waals surface area contributed by atoms with Gasteiger partial charge in [-0.2, -0.15) is 0 Å². The third-order valence-electron chi connectivity index (χ3n) is 1.50. The average Bonchev–Trinajstić information content (AvgIpc) is 1.88. The van der Waals surface area contributed by atoms with E-state index in [0.717, 1.165) is 6.42 Å². The predicted molar refractivity (Wildman–Crippen MR) is 41.1 cm³/mol. The molecule has 4 heteroatoms. The molecule has 0 aliphatic carbocycles. The van der Waals surface area contributed by atoms with E-state index >= 15 is 0 Å². The van der Waals surface area contributed by atoms with Gasteiger partial charge in [-0.1, -0.05) is 6.92 Å². The minimum atomic E-state index is -0.588. The van der Waals surface area contributed by atoms with Crippen molar-refractivity contribution in [1.29, 1.82) is 0 Å². The summed E-state index contributed by atoms with van der Waals surface area (Å²) < 4.78 is 0. The second-order valence-electron chi connectivity index (χ2n) is 2.32. The highest BCUT2D eigenvalue weighted by atomic mass is 15.2. The lowest BCUT2D eigenvalue weighted by molar-refractivity contribution is 0.526. The van der Waals surface area contributed by atoms with Gasteiger partial charge in [0, 0.05) is 6.20 Å². The molecular weight excluding hydrogens is 128 g/mol. The highest BCUT2D eigenvalue weighted by Gasteiger charge is 2.19. The molecule has 0 radical (unpaired) electrons. The first kappa shape index (κ1) is 7.08. The molecule has 0 saturated carbocycles. The Hall–Kier alpha value is -1.03. The van der Waals surface area contributed by atoms with Gasteiger partial charge in [-0.15, -0.1) is 0 Å². The molecule has 1 aliphatic heterocycles. The third kappa shape index (κ3) is 1.27.